The first-order valence-electron chi connectivity index (χ1n) is 13.5. The van der Waals surface area contributed by atoms with Gasteiger partial charge in [-0.15, -0.1) is 6.58 Å². The summed E-state index contributed by atoms with van der Waals surface area (Å²) in [6, 6.07) is 11.4. The Balaban J connectivity index is 1.35. The molecule has 3 aliphatic rings. The molecule has 40 heavy (non-hydrogen) atoms. The number of phenols is 1. The number of para-hydroxylation sites is 1. The number of ketones is 1. The molecule has 3 amide bonds. The summed E-state index contributed by atoms with van der Waals surface area (Å²) < 4.78 is 0. The van der Waals surface area contributed by atoms with Crippen molar-refractivity contribution >= 4 is 34.9 Å². The van der Waals surface area contributed by atoms with Gasteiger partial charge in [0.1, 0.15) is 18.0 Å². The van der Waals surface area contributed by atoms with E-state index in [0.717, 1.165) is 34.9 Å². The number of amides is 3. The number of carbonyl (C=O) groups is 4. The zero-order chi connectivity index (χ0) is 28.0. The molecule has 0 unspecified atom stereocenters. The highest BCUT2D eigenvalue weighted by Crippen LogP contribution is 2.36. The molecule has 2 atom stereocenters. The molecule has 6 rings (SSSR count). The van der Waals surface area contributed by atoms with Crippen LogP contribution in [0.5, 0.6) is 5.75 Å². The van der Waals surface area contributed by atoms with E-state index >= 15 is 0 Å². The van der Waals surface area contributed by atoms with E-state index in [1.165, 1.54) is 9.91 Å². The summed E-state index contributed by atoms with van der Waals surface area (Å²) in [7, 11) is 0. The summed E-state index contributed by atoms with van der Waals surface area (Å²) in [6.45, 7) is 4.39. The van der Waals surface area contributed by atoms with Crippen molar-refractivity contribution in [3.05, 3.63) is 78.0 Å². The van der Waals surface area contributed by atoms with Gasteiger partial charge in [-0.1, -0.05) is 36.4 Å². The van der Waals surface area contributed by atoms with Crippen molar-refractivity contribution in [2.75, 3.05) is 19.6 Å². The minimum atomic E-state index is -0.834. The highest BCUT2D eigenvalue weighted by atomic mass is 16.3. The maximum absolute atomic E-state index is 14.0. The summed E-state index contributed by atoms with van der Waals surface area (Å²) in [4.78, 5) is 59.0. The molecule has 1 aliphatic carbocycles. The summed E-state index contributed by atoms with van der Waals surface area (Å²) in [5.41, 5.74) is 3.11. The number of aromatic nitrogens is 1. The standard InChI is InChI=1S/C30H31N5O5/c1-2-12-33-17-27(38)35-25(13-19-6-10-22(37)11-7-19)30(40)32(16-26(35)34(33)18-36)15-21-4-3-5-23-24(14-31-28(21)23)29(39)20-8-9-20/h2-7,10-11,14,18,20,25-26,31,37H,1,8-9,12-13,15-17H2/t25-,26+/m0/s1. The van der Waals surface area contributed by atoms with Gasteiger partial charge in [-0.25, -0.2) is 5.01 Å². The molecule has 1 aromatic heterocycles. The van der Waals surface area contributed by atoms with E-state index in [1.807, 2.05) is 18.2 Å². The van der Waals surface area contributed by atoms with Crippen molar-refractivity contribution in [3.8, 4) is 5.75 Å². The van der Waals surface area contributed by atoms with Crippen LogP contribution in [0.2, 0.25) is 0 Å². The van der Waals surface area contributed by atoms with Gasteiger partial charge in [0, 0.05) is 42.6 Å². The Kier molecular flexibility index (Phi) is 6.63. The molecular formula is C30H31N5O5. The number of aromatic hydroxyl groups is 1. The van der Waals surface area contributed by atoms with Crippen LogP contribution >= 0.6 is 0 Å². The fourth-order valence-corrected chi connectivity index (χ4v) is 5.92. The van der Waals surface area contributed by atoms with Crippen molar-refractivity contribution in [1.82, 2.24) is 24.8 Å². The Morgan fingerprint density at radius 1 is 1.12 bits per heavy atom. The number of benzene rings is 2. The first kappa shape index (κ1) is 25.8. The van der Waals surface area contributed by atoms with Crippen LogP contribution in [0.25, 0.3) is 10.9 Å². The Morgan fingerprint density at radius 2 is 1.90 bits per heavy atom. The van der Waals surface area contributed by atoms with Crippen LogP contribution in [-0.4, -0.2) is 85.8 Å². The quantitative estimate of drug-likeness (QED) is 0.244. The lowest BCUT2D eigenvalue weighted by Gasteiger charge is -2.54. The smallest absolute Gasteiger partial charge is 0.246 e. The number of hydrogen-bond donors (Lipinski definition) is 2. The number of H-pyrrole nitrogens is 1. The van der Waals surface area contributed by atoms with Crippen molar-refractivity contribution < 1.29 is 24.3 Å². The van der Waals surface area contributed by atoms with Crippen LogP contribution in [-0.2, 0) is 27.3 Å². The average Bonchev–Trinajstić information content (AvgIpc) is 3.71. The third-order valence-corrected chi connectivity index (χ3v) is 8.06. The zero-order valence-corrected chi connectivity index (χ0v) is 22.0. The van der Waals surface area contributed by atoms with Gasteiger partial charge in [0.15, 0.2) is 5.78 Å². The second-order valence-electron chi connectivity index (χ2n) is 10.7. The molecule has 0 bridgehead atoms. The zero-order valence-electron chi connectivity index (χ0n) is 22.0. The predicted molar refractivity (Wildman–Crippen MR) is 147 cm³/mol. The first-order chi connectivity index (χ1) is 19.4. The highest BCUT2D eigenvalue weighted by Gasteiger charge is 2.49. The first-order valence-corrected chi connectivity index (χ1v) is 13.5. The maximum atomic E-state index is 14.0. The van der Waals surface area contributed by atoms with E-state index < -0.39 is 12.2 Å². The van der Waals surface area contributed by atoms with E-state index in [9.17, 15) is 24.3 Å². The van der Waals surface area contributed by atoms with Crippen LogP contribution in [0.1, 0.15) is 34.3 Å². The number of hydrazine groups is 1. The van der Waals surface area contributed by atoms with Gasteiger partial charge >= 0.3 is 0 Å². The summed E-state index contributed by atoms with van der Waals surface area (Å²) >= 11 is 0. The second kappa shape index (κ2) is 10.3. The molecule has 0 radical (unpaired) electrons. The number of aromatic amines is 1. The lowest BCUT2D eigenvalue weighted by atomic mass is 9.98. The fourth-order valence-electron chi connectivity index (χ4n) is 5.92. The topological polar surface area (TPSA) is 117 Å². The normalized spacial score (nSPS) is 21.6. The molecule has 3 fully saturated rings. The predicted octanol–water partition coefficient (Wildman–Crippen LogP) is 2.45. The van der Waals surface area contributed by atoms with Gasteiger partial charge in [-0.2, -0.15) is 0 Å². The van der Waals surface area contributed by atoms with Crippen LogP contribution in [0.4, 0.5) is 0 Å². The molecular weight excluding hydrogens is 510 g/mol. The van der Waals surface area contributed by atoms with Gasteiger partial charge in [-0.05, 0) is 36.1 Å². The van der Waals surface area contributed by atoms with E-state index in [4.69, 9.17) is 0 Å². The van der Waals surface area contributed by atoms with E-state index in [-0.39, 0.29) is 55.3 Å². The average molecular weight is 542 g/mol. The number of fused-ring (bicyclic) bond motifs is 2. The Bertz CT molecular complexity index is 1490. The number of nitrogens with zero attached hydrogens (tertiary/aromatic N) is 4. The molecule has 2 saturated heterocycles. The Labute approximate surface area is 231 Å². The lowest BCUT2D eigenvalue weighted by Crippen LogP contribution is -2.74. The summed E-state index contributed by atoms with van der Waals surface area (Å²) in [5, 5.41) is 13.7. The molecule has 2 N–H and O–H groups in total. The third-order valence-electron chi connectivity index (χ3n) is 8.06. The molecule has 0 spiro atoms. The molecule has 3 heterocycles. The SMILES string of the molecule is C=CCN1CC(=O)N2[C@@H](Cc3ccc(O)cc3)C(=O)N(Cc3cccc4c(C(=O)C5CC5)c[nH]c34)C[C@@H]2N1C=O. The largest absolute Gasteiger partial charge is 0.508 e. The monoisotopic (exact) mass is 541 g/mol. The number of hydrogen-bond acceptors (Lipinski definition) is 6. The van der Waals surface area contributed by atoms with Crippen molar-refractivity contribution in [2.24, 2.45) is 5.92 Å². The van der Waals surface area contributed by atoms with Crippen molar-refractivity contribution in [1.29, 1.82) is 0 Å². The fraction of sp³-hybridized carbons (Fsp3) is 0.333. The Hall–Kier alpha value is -4.44. The molecule has 10 heteroatoms. The molecule has 206 valence electrons. The van der Waals surface area contributed by atoms with Gasteiger partial charge in [0.05, 0.1) is 18.6 Å². The molecule has 3 aromatic rings. The second-order valence-corrected chi connectivity index (χ2v) is 10.7. The number of Topliss-reactive ketones (excluding diaryl/α,β-unsaturated/α-hetero) is 1. The Morgan fingerprint density at radius 3 is 2.60 bits per heavy atom. The van der Waals surface area contributed by atoms with Gasteiger partial charge in [0.25, 0.3) is 0 Å². The number of carbonyl (C=O) groups excluding carboxylic acids is 4. The third kappa shape index (κ3) is 4.54. The van der Waals surface area contributed by atoms with Crippen LogP contribution in [0.15, 0.2) is 61.3 Å². The summed E-state index contributed by atoms with van der Waals surface area (Å²) in [6.07, 6.45) is 5.47. The van der Waals surface area contributed by atoms with Gasteiger partial charge < -0.3 is 19.9 Å². The highest BCUT2D eigenvalue weighted by molar-refractivity contribution is 6.10. The summed E-state index contributed by atoms with van der Waals surface area (Å²) in [5.74, 6) is -0.116. The van der Waals surface area contributed by atoms with E-state index in [2.05, 4.69) is 11.6 Å². The van der Waals surface area contributed by atoms with Gasteiger partial charge in [-0.3, -0.25) is 24.2 Å². The molecule has 1 saturated carbocycles. The minimum absolute atomic E-state index is 0.0415. The maximum Gasteiger partial charge on any atom is 0.246 e. The van der Waals surface area contributed by atoms with E-state index in [0.29, 0.717) is 18.5 Å². The van der Waals surface area contributed by atoms with Crippen LogP contribution < -0.4 is 0 Å². The minimum Gasteiger partial charge on any atom is -0.508 e. The molecule has 2 aliphatic heterocycles. The molecule has 10 nitrogen and oxygen atoms in total. The number of rotatable bonds is 9. The van der Waals surface area contributed by atoms with Crippen molar-refractivity contribution in [3.63, 3.8) is 0 Å². The van der Waals surface area contributed by atoms with E-state index in [1.54, 1.807) is 46.4 Å². The van der Waals surface area contributed by atoms with Gasteiger partial charge in [0.2, 0.25) is 18.2 Å². The van der Waals surface area contributed by atoms with Crippen LogP contribution in [0.3, 0.4) is 0 Å². The lowest BCUT2D eigenvalue weighted by molar-refractivity contribution is -0.199. The number of piperazine rings is 1. The number of nitrogens with one attached hydrogen (secondary N) is 1. The number of phenolic OH excluding ortho intramolecular Hbond substituents is 1. The van der Waals surface area contributed by atoms with Crippen LogP contribution in [0, 0.1) is 5.92 Å². The molecule has 2 aromatic carbocycles. The van der Waals surface area contributed by atoms with Crippen molar-refractivity contribution in [2.45, 2.75) is 38.0 Å².